The highest BCUT2D eigenvalue weighted by molar-refractivity contribution is 7.89. The van der Waals surface area contributed by atoms with Crippen molar-refractivity contribution in [3.8, 4) is 0 Å². The van der Waals surface area contributed by atoms with Crippen molar-refractivity contribution in [2.45, 2.75) is 50.3 Å². The van der Waals surface area contributed by atoms with Gasteiger partial charge in [0.2, 0.25) is 15.9 Å². The van der Waals surface area contributed by atoms with Crippen molar-refractivity contribution in [3.05, 3.63) is 24.0 Å². The molecule has 0 aliphatic rings. The highest BCUT2D eigenvalue weighted by atomic mass is 32.2. The van der Waals surface area contributed by atoms with Crippen molar-refractivity contribution in [1.82, 2.24) is 0 Å². The lowest BCUT2D eigenvalue weighted by atomic mass is 10.1. The predicted octanol–water partition coefficient (Wildman–Crippen LogP) is 2.77. The maximum absolute atomic E-state index is 13.7. The maximum atomic E-state index is 13.7. The van der Waals surface area contributed by atoms with E-state index in [4.69, 9.17) is 5.14 Å². The smallest absolute Gasteiger partial charge is 0.238 e. The first-order chi connectivity index (χ1) is 9.84. The summed E-state index contributed by atoms with van der Waals surface area (Å²) in [6.45, 7) is 2.11. The molecule has 7 heteroatoms. The van der Waals surface area contributed by atoms with Crippen LogP contribution in [-0.2, 0) is 14.8 Å². The van der Waals surface area contributed by atoms with Crippen molar-refractivity contribution in [3.63, 3.8) is 0 Å². The van der Waals surface area contributed by atoms with Gasteiger partial charge >= 0.3 is 0 Å². The molecule has 0 heterocycles. The summed E-state index contributed by atoms with van der Waals surface area (Å²) in [5.74, 6) is -1.10. The molecule has 118 valence electrons. The molecule has 0 saturated heterocycles. The number of unbranched alkanes of at least 4 members (excludes halogenated alkanes) is 4. The van der Waals surface area contributed by atoms with Crippen molar-refractivity contribution >= 4 is 21.6 Å². The zero-order valence-corrected chi connectivity index (χ0v) is 12.9. The van der Waals surface area contributed by atoms with E-state index in [0.29, 0.717) is 6.42 Å². The van der Waals surface area contributed by atoms with Crippen LogP contribution in [-0.4, -0.2) is 14.3 Å². The number of hydrogen-bond acceptors (Lipinski definition) is 3. The number of amides is 1. The van der Waals surface area contributed by atoms with E-state index in [0.717, 1.165) is 44.2 Å². The van der Waals surface area contributed by atoms with Crippen LogP contribution in [0.15, 0.2) is 23.1 Å². The van der Waals surface area contributed by atoms with Gasteiger partial charge in [0.15, 0.2) is 0 Å². The van der Waals surface area contributed by atoms with Crippen LogP contribution in [0.25, 0.3) is 0 Å². The number of benzene rings is 1. The summed E-state index contributed by atoms with van der Waals surface area (Å²) in [4.78, 5) is 11.3. The van der Waals surface area contributed by atoms with E-state index >= 15 is 0 Å². The largest absolute Gasteiger partial charge is 0.324 e. The molecule has 0 bridgehead atoms. The fourth-order valence-corrected chi connectivity index (χ4v) is 2.40. The number of halogens is 1. The van der Waals surface area contributed by atoms with E-state index in [1.54, 1.807) is 0 Å². The summed E-state index contributed by atoms with van der Waals surface area (Å²) in [7, 11) is -3.95. The van der Waals surface area contributed by atoms with Crippen LogP contribution in [0.5, 0.6) is 0 Å². The molecule has 1 aromatic rings. The second-order valence-electron chi connectivity index (χ2n) is 4.90. The molecular weight excluding hydrogens is 295 g/mol. The maximum Gasteiger partial charge on any atom is 0.238 e. The first-order valence-electron chi connectivity index (χ1n) is 6.96. The summed E-state index contributed by atoms with van der Waals surface area (Å²) < 4.78 is 35.8. The summed E-state index contributed by atoms with van der Waals surface area (Å²) in [6, 6.07) is 3.16. The SMILES string of the molecule is CCCCCCCC(=O)Nc1ccc(S(N)(=O)=O)cc1F. The van der Waals surface area contributed by atoms with Crippen LogP contribution in [0, 0.1) is 5.82 Å². The Morgan fingerprint density at radius 2 is 1.90 bits per heavy atom. The molecule has 3 N–H and O–H groups in total. The molecule has 1 amide bonds. The number of nitrogens with two attached hydrogens (primary N) is 1. The predicted molar refractivity (Wildman–Crippen MR) is 79.8 cm³/mol. The summed E-state index contributed by atoms with van der Waals surface area (Å²) >= 11 is 0. The van der Waals surface area contributed by atoms with E-state index in [-0.39, 0.29) is 16.5 Å². The van der Waals surface area contributed by atoms with Gasteiger partial charge < -0.3 is 5.32 Å². The Morgan fingerprint density at radius 3 is 2.48 bits per heavy atom. The highest BCUT2D eigenvalue weighted by Crippen LogP contribution is 2.18. The summed E-state index contributed by atoms with van der Waals surface area (Å²) in [5, 5.41) is 7.33. The summed E-state index contributed by atoms with van der Waals surface area (Å²) in [6.07, 6.45) is 5.40. The van der Waals surface area contributed by atoms with Gasteiger partial charge in [0, 0.05) is 6.42 Å². The molecule has 0 aliphatic heterocycles. The monoisotopic (exact) mass is 316 g/mol. The van der Waals surface area contributed by atoms with Gasteiger partial charge in [-0.15, -0.1) is 0 Å². The third-order valence-electron chi connectivity index (χ3n) is 3.05. The van der Waals surface area contributed by atoms with Crippen LogP contribution in [0.3, 0.4) is 0 Å². The van der Waals surface area contributed by atoms with Crippen molar-refractivity contribution in [2.75, 3.05) is 5.32 Å². The number of anilines is 1. The quantitative estimate of drug-likeness (QED) is 0.723. The van der Waals surface area contributed by atoms with Gasteiger partial charge in [0.1, 0.15) is 5.82 Å². The minimum atomic E-state index is -3.95. The van der Waals surface area contributed by atoms with Gasteiger partial charge in [-0.2, -0.15) is 0 Å². The second-order valence-corrected chi connectivity index (χ2v) is 6.46. The lowest BCUT2D eigenvalue weighted by Gasteiger charge is -2.07. The van der Waals surface area contributed by atoms with Crippen molar-refractivity contribution in [1.29, 1.82) is 0 Å². The van der Waals surface area contributed by atoms with E-state index < -0.39 is 15.8 Å². The van der Waals surface area contributed by atoms with E-state index in [9.17, 15) is 17.6 Å². The Balaban J connectivity index is 2.53. The first kappa shape index (κ1) is 17.6. The minimum Gasteiger partial charge on any atom is -0.324 e. The third kappa shape index (κ3) is 6.22. The number of rotatable bonds is 8. The molecule has 1 rings (SSSR count). The minimum absolute atomic E-state index is 0.0408. The number of carbonyl (C=O) groups excluding carboxylic acids is 1. The van der Waals surface area contributed by atoms with Gasteiger partial charge in [-0.1, -0.05) is 32.6 Å². The fraction of sp³-hybridized carbons (Fsp3) is 0.500. The topological polar surface area (TPSA) is 89.3 Å². The van der Waals surface area contributed by atoms with Crippen molar-refractivity contribution in [2.24, 2.45) is 5.14 Å². The third-order valence-corrected chi connectivity index (χ3v) is 3.96. The van der Waals surface area contributed by atoms with Gasteiger partial charge in [0.25, 0.3) is 0 Å². The molecule has 0 saturated carbocycles. The molecule has 0 unspecified atom stereocenters. The van der Waals surface area contributed by atoms with Crippen LogP contribution in [0.2, 0.25) is 0 Å². The number of primary sulfonamides is 1. The molecule has 21 heavy (non-hydrogen) atoms. The van der Waals surface area contributed by atoms with Gasteiger partial charge in [-0.25, -0.2) is 17.9 Å². The summed E-state index contributed by atoms with van der Waals surface area (Å²) in [5.41, 5.74) is -0.0408. The van der Waals surface area contributed by atoms with E-state index in [1.165, 1.54) is 6.07 Å². The van der Waals surface area contributed by atoms with Gasteiger partial charge in [-0.3, -0.25) is 4.79 Å². The molecule has 5 nitrogen and oxygen atoms in total. The normalized spacial score (nSPS) is 11.4. The fourth-order valence-electron chi connectivity index (χ4n) is 1.88. The average molecular weight is 316 g/mol. The molecule has 0 aliphatic carbocycles. The number of carbonyl (C=O) groups is 1. The molecule has 0 radical (unpaired) electrons. The zero-order chi connectivity index (χ0) is 15.9. The van der Waals surface area contributed by atoms with Crippen molar-refractivity contribution < 1.29 is 17.6 Å². The number of nitrogens with one attached hydrogen (secondary N) is 1. The number of sulfonamides is 1. The number of hydrogen-bond donors (Lipinski definition) is 2. The molecule has 0 aromatic heterocycles. The molecular formula is C14H21FN2O3S. The van der Waals surface area contributed by atoms with E-state index in [1.807, 2.05) is 0 Å². The standard InChI is InChI=1S/C14H21FN2O3S/c1-2-3-4-5-6-7-14(18)17-13-9-8-11(10-12(13)15)21(16,19)20/h8-10H,2-7H2,1H3,(H,17,18)(H2,16,19,20). The van der Waals surface area contributed by atoms with Crippen LogP contribution in [0.4, 0.5) is 10.1 Å². The highest BCUT2D eigenvalue weighted by Gasteiger charge is 2.13. The molecule has 0 atom stereocenters. The van der Waals surface area contributed by atoms with Crippen LogP contribution >= 0.6 is 0 Å². The Kier molecular flexibility index (Phi) is 6.77. The molecule has 0 fully saturated rings. The van der Waals surface area contributed by atoms with E-state index in [2.05, 4.69) is 12.2 Å². The van der Waals surface area contributed by atoms with Gasteiger partial charge in [0.05, 0.1) is 10.6 Å². The molecule has 0 spiro atoms. The lowest BCUT2D eigenvalue weighted by molar-refractivity contribution is -0.116. The Bertz CT molecular complexity index is 588. The molecule has 1 aromatic carbocycles. The Labute approximate surface area is 124 Å². The van der Waals surface area contributed by atoms with Crippen LogP contribution < -0.4 is 10.5 Å². The second kappa shape index (κ2) is 8.09. The Hall–Kier alpha value is -1.47. The first-order valence-corrected chi connectivity index (χ1v) is 8.51. The zero-order valence-electron chi connectivity index (χ0n) is 12.1. The lowest BCUT2D eigenvalue weighted by Crippen LogP contribution is -2.15. The average Bonchev–Trinajstić information content (AvgIpc) is 2.39. The van der Waals surface area contributed by atoms with Crippen LogP contribution in [0.1, 0.15) is 45.4 Å². The Morgan fingerprint density at radius 1 is 1.24 bits per heavy atom. The van der Waals surface area contributed by atoms with Gasteiger partial charge in [-0.05, 0) is 24.6 Å².